The molecule has 0 radical (unpaired) electrons. The van der Waals surface area contributed by atoms with Crippen molar-refractivity contribution in [1.29, 1.82) is 5.41 Å². The summed E-state index contributed by atoms with van der Waals surface area (Å²) in [4.78, 5) is 8.67. The number of pyridine rings is 1. The van der Waals surface area contributed by atoms with Gasteiger partial charge in [-0.1, -0.05) is 6.07 Å². The van der Waals surface area contributed by atoms with Gasteiger partial charge >= 0.3 is 0 Å². The van der Waals surface area contributed by atoms with Crippen LogP contribution in [0.2, 0.25) is 0 Å². The van der Waals surface area contributed by atoms with Crippen molar-refractivity contribution in [3.8, 4) is 0 Å². The zero-order valence-electron chi connectivity index (χ0n) is 12.3. The van der Waals surface area contributed by atoms with Crippen molar-refractivity contribution < 1.29 is 4.57 Å². The molecule has 0 amide bonds. The Balaban J connectivity index is 1.78. The first kappa shape index (κ1) is 14.4. The van der Waals surface area contributed by atoms with Crippen LogP contribution in [-0.4, -0.2) is 34.9 Å². The highest BCUT2D eigenvalue weighted by atomic mass is 15.1. The molecule has 0 unspecified atom stereocenters. The minimum atomic E-state index is 0.205. The largest absolute Gasteiger partial charge is 0.365 e. The van der Waals surface area contributed by atoms with E-state index in [1.54, 1.807) is 29.2 Å². The standard InChI is InChI=1S/C15H19N7/c16-13-5-1-2-7-22(13)15(17)12-9-19-10-14(21-12)20-11-4-3-6-18-8-11/h1-2,5,7,9-11,16-18H,3-4,6,8H2,(H,20,21)/p+1/t11-/m1/s1. The van der Waals surface area contributed by atoms with E-state index in [0.717, 1.165) is 25.9 Å². The zero-order chi connectivity index (χ0) is 15.4. The van der Waals surface area contributed by atoms with Crippen molar-refractivity contribution in [2.45, 2.75) is 18.9 Å². The Labute approximate surface area is 129 Å². The van der Waals surface area contributed by atoms with Gasteiger partial charge in [-0.15, -0.1) is 0 Å². The van der Waals surface area contributed by atoms with Gasteiger partial charge in [-0.25, -0.2) is 9.55 Å². The second kappa shape index (κ2) is 6.48. The van der Waals surface area contributed by atoms with Crippen LogP contribution >= 0.6 is 0 Å². The predicted octanol–water partition coefficient (Wildman–Crippen LogP) is 0.384. The van der Waals surface area contributed by atoms with Crippen LogP contribution in [0, 0.1) is 5.41 Å². The lowest BCUT2D eigenvalue weighted by Crippen LogP contribution is -2.45. The lowest BCUT2D eigenvalue weighted by Gasteiger charge is -2.24. The van der Waals surface area contributed by atoms with E-state index >= 15 is 0 Å². The molecular weight excluding hydrogens is 278 g/mol. The first-order valence-electron chi connectivity index (χ1n) is 7.39. The number of nitrogen functional groups attached to an aromatic ring is 1. The lowest BCUT2D eigenvalue weighted by molar-refractivity contribution is -0.539. The van der Waals surface area contributed by atoms with Crippen molar-refractivity contribution >= 4 is 17.5 Å². The van der Waals surface area contributed by atoms with E-state index in [0.29, 0.717) is 23.4 Å². The molecule has 0 aromatic carbocycles. The maximum atomic E-state index is 8.27. The molecule has 0 bridgehead atoms. The van der Waals surface area contributed by atoms with Crippen LogP contribution in [-0.2, 0) is 0 Å². The van der Waals surface area contributed by atoms with Gasteiger partial charge in [0.15, 0.2) is 5.69 Å². The molecule has 1 fully saturated rings. The molecule has 1 aliphatic heterocycles. The van der Waals surface area contributed by atoms with Gasteiger partial charge in [0.05, 0.1) is 18.6 Å². The van der Waals surface area contributed by atoms with Gasteiger partial charge in [-0.3, -0.25) is 4.98 Å². The Morgan fingerprint density at radius 3 is 3.09 bits per heavy atom. The summed E-state index contributed by atoms with van der Waals surface area (Å²) in [5.41, 5.74) is 6.38. The van der Waals surface area contributed by atoms with Gasteiger partial charge in [0.25, 0.3) is 5.84 Å². The van der Waals surface area contributed by atoms with E-state index < -0.39 is 0 Å². The van der Waals surface area contributed by atoms with Crippen LogP contribution in [0.4, 0.5) is 11.6 Å². The molecule has 1 aliphatic rings. The van der Waals surface area contributed by atoms with Gasteiger partial charge in [-0.05, 0) is 25.5 Å². The normalized spacial score (nSPS) is 17.9. The molecule has 1 saturated heterocycles. The highest BCUT2D eigenvalue weighted by molar-refractivity contribution is 5.87. The van der Waals surface area contributed by atoms with Crippen LogP contribution in [0.25, 0.3) is 0 Å². The summed E-state index contributed by atoms with van der Waals surface area (Å²) in [5.74, 6) is 1.38. The third-order valence-electron chi connectivity index (χ3n) is 3.66. The van der Waals surface area contributed by atoms with Crippen molar-refractivity contribution in [2.24, 2.45) is 0 Å². The van der Waals surface area contributed by atoms with Crippen LogP contribution in [0.5, 0.6) is 0 Å². The van der Waals surface area contributed by atoms with Gasteiger partial charge in [0.2, 0.25) is 5.82 Å². The maximum absolute atomic E-state index is 8.27. The van der Waals surface area contributed by atoms with Crippen molar-refractivity contribution in [3.05, 3.63) is 42.5 Å². The Morgan fingerprint density at radius 1 is 1.41 bits per heavy atom. The summed E-state index contributed by atoms with van der Waals surface area (Å²) in [6, 6.07) is 5.76. The van der Waals surface area contributed by atoms with E-state index in [2.05, 4.69) is 20.6 Å². The Bertz CT molecular complexity index is 664. The zero-order valence-corrected chi connectivity index (χ0v) is 12.3. The summed E-state index contributed by atoms with van der Waals surface area (Å²) in [6.07, 6.45) is 7.26. The molecule has 114 valence electrons. The number of nitrogens with zero attached hydrogens (tertiary/aromatic N) is 3. The third kappa shape index (κ3) is 3.20. The Hall–Kier alpha value is -2.54. The van der Waals surface area contributed by atoms with E-state index in [1.165, 1.54) is 0 Å². The van der Waals surface area contributed by atoms with Crippen LogP contribution in [0.15, 0.2) is 36.8 Å². The van der Waals surface area contributed by atoms with Crippen LogP contribution in [0.1, 0.15) is 18.5 Å². The number of hydrogen-bond acceptors (Lipinski definition) is 6. The lowest BCUT2D eigenvalue weighted by atomic mass is 10.1. The van der Waals surface area contributed by atoms with E-state index in [4.69, 9.17) is 11.1 Å². The number of nitrogens with one attached hydrogen (secondary N) is 3. The van der Waals surface area contributed by atoms with Gasteiger partial charge in [0, 0.05) is 18.7 Å². The molecule has 1 atom stereocenters. The fourth-order valence-corrected chi connectivity index (χ4v) is 2.52. The number of piperidine rings is 1. The van der Waals surface area contributed by atoms with Gasteiger partial charge < -0.3 is 16.4 Å². The molecule has 0 saturated carbocycles. The summed E-state index contributed by atoms with van der Waals surface area (Å²) in [7, 11) is 0. The predicted molar refractivity (Wildman–Crippen MR) is 84.8 cm³/mol. The summed E-state index contributed by atoms with van der Waals surface area (Å²) in [6.45, 7) is 1.99. The van der Waals surface area contributed by atoms with Crippen molar-refractivity contribution in [3.63, 3.8) is 0 Å². The minimum absolute atomic E-state index is 0.205. The molecule has 22 heavy (non-hydrogen) atoms. The molecule has 2 aromatic rings. The van der Waals surface area contributed by atoms with E-state index in [1.807, 2.05) is 12.1 Å². The summed E-state index contributed by atoms with van der Waals surface area (Å²) >= 11 is 0. The van der Waals surface area contributed by atoms with Gasteiger partial charge in [-0.2, -0.15) is 5.41 Å². The maximum Gasteiger partial charge on any atom is 0.287 e. The highest BCUT2D eigenvalue weighted by Gasteiger charge is 2.17. The quantitative estimate of drug-likeness (QED) is 0.373. The first-order valence-corrected chi connectivity index (χ1v) is 7.39. The van der Waals surface area contributed by atoms with E-state index in [-0.39, 0.29) is 5.84 Å². The molecule has 7 heteroatoms. The summed E-state index contributed by atoms with van der Waals surface area (Å²) < 4.78 is 1.58. The number of rotatable bonds is 3. The molecule has 3 heterocycles. The molecule has 3 rings (SSSR count). The first-order chi connectivity index (χ1) is 10.7. The fourth-order valence-electron chi connectivity index (χ4n) is 2.52. The molecular formula is C15H20N7+. The van der Waals surface area contributed by atoms with Crippen LogP contribution in [0.3, 0.4) is 0 Å². The van der Waals surface area contributed by atoms with Crippen molar-refractivity contribution in [2.75, 3.05) is 24.1 Å². The average molecular weight is 298 g/mol. The summed E-state index contributed by atoms with van der Waals surface area (Å²) in [5, 5.41) is 15.0. The van der Waals surface area contributed by atoms with E-state index in [9.17, 15) is 0 Å². The SMILES string of the molecule is N=C(c1cncc(N[C@@H]2CCCNC2)n1)[n+]1ccccc1N. The fraction of sp³-hybridized carbons (Fsp3) is 0.333. The Kier molecular flexibility index (Phi) is 4.24. The second-order valence-corrected chi connectivity index (χ2v) is 5.32. The highest BCUT2D eigenvalue weighted by Crippen LogP contribution is 2.10. The number of anilines is 2. The molecule has 5 N–H and O–H groups in total. The van der Waals surface area contributed by atoms with Gasteiger partial charge in [0.1, 0.15) is 5.82 Å². The molecule has 2 aromatic heterocycles. The number of aromatic nitrogens is 3. The number of hydrogen-bond donors (Lipinski definition) is 4. The topological polar surface area (TPSA) is 104 Å². The molecule has 7 nitrogen and oxygen atoms in total. The Morgan fingerprint density at radius 2 is 2.32 bits per heavy atom. The minimum Gasteiger partial charge on any atom is -0.365 e. The molecule has 0 aliphatic carbocycles. The average Bonchev–Trinajstić information content (AvgIpc) is 2.56. The number of nitrogens with two attached hydrogens (primary N) is 1. The second-order valence-electron chi connectivity index (χ2n) is 5.32. The smallest absolute Gasteiger partial charge is 0.287 e. The molecule has 0 spiro atoms. The monoisotopic (exact) mass is 298 g/mol. The van der Waals surface area contributed by atoms with Crippen LogP contribution < -0.4 is 20.9 Å². The third-order valence-corrected chi connectivity index (χ3v) is 3.66. The van der Waals surface area contributed by atoms with Crippen molar-refractivity contribution in [1.82, 2.24) is 15.3 Å².